The molecule has 3 rings (SSSR count). The van der Waals surface area contributed by atoms with E-state index in [0.717, 1.165) is 24.8 Å². The van der Waals surface area contributed by atoms with Crippen molar-refractivity contribution in [2.24, 2.45) is 0 Å². The predicted molar refractivity (Wildman–Crippen MR) is 88.4 cm³/mol. The van der Waals surface area contributed by atoms with Gasteiger partial charge in [0.1, 0.15) is 0 Å². The van der Waals surface area contributed by atoms with Crippen LogP contribution in [0.3, 0.4) is 0 Å². The minimum absolute atomic E-state index is 0.137. The van der Waals surface area contributed by atoms with Gasteiger partial charge in [0, 0.05) is 37.2 Å². The zero-order chi connectivity index (χ0) is 17.9. The topological polar surface area (TPSA) is 45.2 Å². The van der Waals surface area contributed by atoms with Crippen LogP contribution in [0.5, 0.6) is 0 Å². The number of hydrogen-bond donors (Lipinski definition) is 1. The van der Waals surface area contributed by atoms with Crippen LogP contribution in [0.1, 0.15) is 28.8 Å². The third kappa shape index (κ3) is 4.10. The molecule has 0 spiro atoms. The minimum atomic E-state index is -4.60. The molecule has 1 N–H and O–H groups in total. The molecule has 1 aliphatic rings. The number of hydrogen-bond acceptors (Lipinski definition) is 3. The second-order valence-corrected chi connectivity index (χ2v) is 5.99. The van der Waals surface area contributed by atoms with Gasteiger partial charge in [0.05, 0.1) is 11.1 Å². The fourth-order valence-electron chi connectivity index (χ4n) is 3.00. The number of nitrogens with one attached hydrogen (secondary N) is 1. The highest BCUT2D eigenvalue weighted by atomic mass is 19.4. The lowest BCUT2D eigenvalue weighted by molar-refractivity contribution is -0.138. The van der Waals surface area contributed by atoms with Gasteiger partial charge in [-0.2, -0.15) is 13.2 Å². The van der Waals surface area contributed by atoms with Gasteiger partial charge in [0.15, 0.2) is 0 Å². The number of alkyl halides is 3. The van der Waals surface area contributed by atoms with E-state index < -0.39 is 17.6 Å². The van der Waals surface area contributed by atoms with Crippen LogP contribution < -0.4 is 10.2 Å². The first-order valence-electron chi connectivity index (χ1n) is 8.07. The Balaban J connectivity index is 1.62. The molecule has 132 valence electrons. The van der Waals surface area contributed by atoms with Crippen LogP contribution in [0.15, 0.2) is 48.8 Å². The molecule has 1 fully saturated rings. The van der Waals surface area contributed by atoms with Gasteiger partial charge in [0.25, 0.3) is 5.91 Å². The number of rotatable bonds is 3. The summed E-state index contributed by atoms with van der Waals surface area (Å²) in [5.41, 5.74) is -0.275. The van der Waals surface area contributed by atoms with Crippen molar-refractivity contribution in [2.75, 3.05) is 18.0 Å². The third-order valence-electron chi connectivity index (χ3n) is 4.32. The first kappa shape index (κ1) is 17.3. The molecule has 2 aromatic rings. The van der Waals surface area contributed by atoms with Crippen LogP contribution in [0.2, 0.25) is 0 Å². The molecule has 1 aliphatic heterocycles. The number of carbonyl (C=O) groups is 1. The van der Waals surface area contributed by atoms with Gasteiger partial charge >= 0.3 is 6.18 Å². The van der Waals surface area contributed by atoms with Gasteiger partial charge in [-0.15, -0.1) is 0 Å². The monoisotopic (exact) mass is 349 g/mol. The van der Waals surface area contributed by atoms with Crippen molar-refractivity contribution in [3.05, 3.63) is 59.9 Å². The van der Waals surface area contributed by atoms with E-state index in [2.05, 4.69) is 15.2 Å². The smallest absolute Gasteiger partial charge is 0.371 e. The number of piperidine rings is 1. The quantitative estimate of drug-likeness (QED) is 0.922. The molecule has 1 amide bonds. The van der Waals surface area contributed by atoms with Gasteiger partial charge in [-0.05, 0) is 31.0 Å². The van der Waals surface area contributed by atoms with Crippen molar-refractivity contribution in [2.45, 2.75) is 25.1 Å². The summed E-state index contributed by atoms with van der Waals surface area (Å²) in [7, 11) is 0. The van der Waals surface area contributed by atoms with Crippen LogP contribution in [-0.2, 0) is 6.18 Å². The molecule has 0 radical (unpaired) electrons. The van der Waals surface area contributed by atoms with Crippen LogP contribution >= 0.6 is 0 Å². The number of para-hydroxylation sites is 1. The SMILES string of the molecule is O=C(NC1CCN(c2ccccc2)CC1)c1ccncc1C(F)(F)F. The number of amides is 1. The highest BCUT2D eigenvalue weighted by Gasteiger charge is 2.36. The minimum Gasteiger partial charge on any atom is -0.371 e. The number of benzene rings is 1. The summed E-state index contributed by atoms with van der Waals surface area (Å²) in [5.74, 6) is -0.701. The number of anilines is 1. The zero-order valence-electron chi connectivity index (χ0n) is 13.5. The molecule has 0 aliphatic carbocycles. The maximum atomic E-state index is 13.0. The number of nitrogens with zero attached hydrogens (tertiary/aromatic N) is 2. The van der Waals surface area contributed by atoms with Crippen LogP contribution in [0, 0.1) is 0 Å². The molecule has 1 aromatic carbocycles. The van der Waals surface area contributed by atoms with E-state index in [9.17, 15) is 18.0 Å². The van der Waals surface area contributed by atoms with E-state index in [1.54, 1.807) is 0 Å². The van der Waals surface area contributed by atoms with E-state index in [1.807, 2.05) is 30.3 Å². The maximum absolute atomic E-state index is 13.0. The summed E-state index contributed by atoms with van der Waals surface area (Å²) in [6, 6.07) is 10.9. The van der Waals surface area contributed by atoms with Crippen molar-refractivity contribution in [1.82, 2.24) is 10.3 Å². The lowest BCUT2D eigenvalue weighted by atomic mass is 10.0. The molecule has 1 aromatic heterocycles. The summed E-state index contributed by atoms with van der Waals surface area (Å²) >= 11 is 0. The van der Waals surface area contributed by atoms with E-state index in [4.69, 9.17) is 0 Å². The molecule has 0 unspecified atom stereocenters. The average Bonchev–Trinajstić information content (AvgIpc) is 2.62. The van der Waals surface area contributed by atoms with E-state index in [1.165, 1.54) is 6.20 Å². The summed E-state index contributed by atoms with van der Waals surface area (Å²) < 4.78 is 39.0. The van der Waals surface area contributed by atoms with Crippen LogP contribution in [0.4, 0.5) is 18.9 Å². The Kier molecular flexibility index (Phi) is 4.92. The van der Waals surface area contributed by atoms with Crippen molar-refractivity contribution in [3.8, 4) is 0 Å². The number of pyridine rings is 1. The van der Waals surface area contributed by atoms with Crippen LogP contribution in [-0.4, -0.2) is 30.0 Å². The summed E-state index contributed by atoms with van der Waals surface area (Å²) in [6.07, 6.45) is -1.34. The highest BCUT2D eigenvalue weighted by Crippen LogP contribution is 2.31. The zero-order valence-corrected chi connectivity index (χ0v) is 13.5. The molecule has 1 saturated heterocycles. The molecule has 25 heavy (non-hydrogen) atoms. The first-order chi connectivity index (χ1) is 11.9. The number of halogens is 3. The van der Waals surface area contributed by atoms with Crippen molar-refractivity contribution < 1.29 is 18.0 Å². The molecular weight excluding hydrogens is 331 g/mol. The standard InChI is InChI=1S/C18H18F3N3O/c19-18(20,21)16-12-22-9-6-15(16)17(25)23-13-7-10-24(11-8-13)14-4-2-1-3-5-14/h1-6,9,12-13H,7-8,10-11H2,(H,23,25). The summed E-state index contributed by atoms with van der Waals surface area (Å²) in [5, 5.41) is 2.73. The number of carbonyl (C=O) groups excluding carboxylic acids is 1. The summed E-state index contributed by atoms with van der Waals surface area (Å²) in [6.45, 7) is 1.49. The lowest BCUT2D eigenvalue weighted by Crippen LogP contribution is -2.45. The maximum Gasteiger partial charge on any atom is 0.418 e. The molecule has 4 nitrogen and oxygen atoms in total. The fourth-order valence-corrected chi connectivity index (χ4v) is 3.00. The van der Waals surface area contributed by atoms with E-state index >= 15 is 0 Å². The van der Waals surface area contributed by atoms with Crippen LogP contribution in [0.25, 0.3) is 0 Å². The Morgan fingerprint density at radius 2 is 1.80 bits per heavy atom. The normalized spacial score (nSPS) is 15.9. The van der Waals surface area contributed by atoms with Crippen molar-refractivity contribution >= 4 is 11.6 Å². The lowest BCUT2D eigenvalue weighted by Gasteiger charge is -2.34. The molecule has 0 bridgehead atoms. The van der Waals surface area contributed by atoms with Gasteiger partial charge in [-0.1, -0.05) is 18.2 Å². The Morgan fingerprint density at radius 3 is 2.44 bits per heavy atom. The van der Waals surface area contributed by atoms with Gasteiger partial charge in [-0.3, -0.25) is 9.78 Å². The van der Waals surface area contributed by atoms with Gasteiger partial charge in [-0.25, -0.2) is 0 Å². The predicted octanol–water partition coefficient (Wildman–Crippen LogP) is 3.50. The largest absolute Gasteiger partial charge is 0.418 e. The molecular formula is C18H18F3N3O. The average molecular weight is 349 g/mol. The van der Waals surface area contributed by atoms with Gasteiger partial charge in [0.2, 0.25) is 0 Å². The van der Waals surface area contributed by atoms with E-state index in [0.29, 0.717) is 19.0 Å². The third-order valence-corrected chi connectivity index (χ3v) is 4.32. The summed E-state index contributed by atoms with van der Waals surface area (Å²) in [4.78, 5) is 18.0. The number of aromatic nitrogens is 1. The first-order valence-corrected chi connectivity index (χ1v) is 8.07. The molecule has 0 saturated carbocycles. The Morgan fingerprint density at radius 1 is 1.12 bits per heavy atom. The Labute approximate surface area is 143 Å². The van der Waals surface area contributed by atoms with Gasteiger partial charge < -0.3 is 10.2 Å². The molecule has 0 atom stereocenters. The van der Waals surface area contributed by atoms with E-state index in [-0.39, 0.29) is 11.6 Å². The molecule has 2 heterocycles. The highest BCUT2D eigenvalue weighted by molar-refractivity contribution is 5.95. The second-order valence-electron chi connectivity index (χ2n) is 5.99. The van der Waals surface area contributed by atoms with Crippen molar-refractivity contribution in [1.29, 1.82) is 0 Å². The molecule has 7 heteroatoms. The van der Waals surface area contributed by atoms with Crippen molar-refractivity contribution in [3.63, 3.8) is 0 Å². The fraction of sp³-hybridized carbons (Fsp3) is 0.333. The Bertz CT molecular complexity index is 726. The Hall–Kier alpha value is -2.57. The second kappa shape index (κ2) is 7.13.